The SMILES string of the molecule is Cc1cccc(NSc2ccc(-c3ccc(OCCN)cc3)cc2)n1. The van der Waals surface area contributed by atoms with E-state index in [0.717, 1.165) is 27.7 Å². The molecule has 0 radical (unpaired) electrons. The molecule has 1 aromatic heterocycles. The molecule has 2 aromatic carbocycles. The van der Waals surface area contributed by atoms with E-state index in [1.54, 1.807) is 11.9 Å². The third-order valence-electron chi connectivity index (χ3n) is 3.59. The molecule has 0 saturated heterocycles. The molecule has 25 heavy (non-hydrogen) atoms. The lowest BCUT2D eigenvalue weighted by Crippen LogP contribution is -2.10. The van der Waals surface area contributed by atoms with Gasteiger partial charge in [0.2, 0.25) is 0 Å². The number of nitrogens with one attached hydrogen (secondary N) is 1. The van der Waals surface area contributed by atoms with Gasteiger partial charge in [0.05, 0.1) is 0 Å². The summed E-state index contributed by atoms with van der Waals surface area (Å²) in [5.74, 6) is 1.71. The molecule has 0 bridgehead atoms. The summed E-state index contributed by atoms with van der Waals surface area (Å²) in [7, 11) is 0. The summed E-state index contributed by atoms with van der Waals surface area (Å²) in [5.41, 5.74) is 8.77. The van der Waals surface area contributed by atoms with Crippen LogP contribution in [0.1, 0.15) is 5.69 Å². The van der Waals surface area contributed by atoms with Crippen LogP contribution >= 0.6 is 11.9 Å². The van der Waals surface area contributed by atoms with E-state index in [4.69, 9.17) is 10.5 Å². The molecule has 3 rings (SSSR count). The number of aryl methyl sites for hydroxylation is 1. The zero-order valence-electron chi connectivity index (χ0n) is 14.1. The molecule has 1 heterocycles. The van der Waals surface area contributed by atoms with Crippen LogP contribution in [-0.4, -0.2) is 18.1 Å². The molecule has 5 heteroatoms. The average Bonchev–Trinajstić information content (AvgIpc) is 2.66. The van der Waals surface area contributed by atoms with E-state index in [2.05, 4.69) is 46.1 Å². The van der Waals surface area contributed by atoms with E-state index in [1.165, 1.54) is 5.56 Å². The second-order valence-corrected chi connectivity index (χ2v) is 6.43. The molecule has 0 aliphatic carbocycles. The zero-order chi connectivity index (χ0) is 17.5. The van der Waals surface area contributed by atoms with Gasteiger partial charge in [0.15, 0.2) is 0 Å². The van der Waals surface area contributed by atoms with Gasteiger partial charge >= 0.3 is 0 Å². The van der Waals surface area contributed by atoms with Gasteiger partial charge in [-0.1, -0.05) is 30.3 Å². The van der Waals surface area contributed by atoms with Crippen LogP contribution in [0.2, 0.25) is 0 Å². The summed E-state index contributed by atoms with van der Waals surface area (Å²) >= 11 is 1.55. The van der Waals surface area contributed by atoms with Gasteiger partial charge in [0, 0.05) is 17.1 Å². The van der Waals surface area contributed by atoms with Crippen LogP contribution in [0.3, 0.4) is 0 Å². The van der Waals surface area contributed by atoms with E-state index >= 15 is 0 Å². The van der Waals surface area contributed by atoms with E-state index in [9.17, 15) is 0 Å². The van der Waals surface area contributed by atoms with Crippen molar-refractivity contribution in [3.05, 3.63) is 72.4 Å². The molecular formula is C20H21N3OS. The minimum atomic E-state index is 0.521. The quantitative estimate of drug-likeness (QED) is 0.613. The normalized spacial score (nSPS) is 10.5. The van der Waals surface area contributed by atoms with Gasteiger partial charge < -0.3 is 15.2 Å². The lowest BCUT2D eigenvalue weighted by Gasteiger charge is -2.08. The van der Waals surface area contributed by atoms with Crippen LogP contribution in [0, 0.1) is 6.92 Å². The summed E-state index contributed by atoms with van der Waals surface area (Å²) in [5, 5.41) is 0. The first-order chi connectivity index (χ1) is 12.2. The largest absolute Gasteiger partial charge is 0.492 e. The molecule has 0 amide bonds. The smallest absolute Gasteiger partial charge is 0.136 e. The summed E-state index contributed by atoms with van der Waals surface area (Å²) in [6.45, 7) is 3.04. The number of nitrogens with two attached hydrogens (primary N) is 1. The molecule has 0 aliphatic heterocycles. The molecule has 0 saturated carbocycles. The van der Waals surface area contributed by atoms with Crippen molar-refractivity contribution in [2.75, 3.05) is 17.9 Å². The Kier molecular flexibility index (Phi) is 5.93. The predicted molar refractivity (Wildman–Crippen MR) is 105 cm³/mol. The number of benzene rings is 2. The Bertz CT molecular complexity index is 804. The summed E-state index contributed by atoms with van der Waals surface area (Å²) < 4.78 is 8.77. The number of aromatic nitrogens is 1. The number of hydrogen-bond donors (Lipinski definition) is 2. The monoisotopic (exact) mass is 351 g/mol. The number of anilines is 1. The van der Waals surface area contributed by atoms with Crippen molar-refractivity contribution >= 4 is 17.8 Å². The van der Waals surface area contributed by atoms with E-state index in [1.807, 2.05) is 37.3 Å². The van der Waals surface area contributed by atoms with Gasteiger partial charge in [-0.2, -0.15) is 0 Å². The van der Waals surface area contributed by atoms with Crippen molar-refractivity contribution in [2.45, 2.75) is 11.8 Å². The first-order valence-corrected chi connectivity index (χ1v) is 8.96. The average molecular weight is 351 g/mol. The first kappa shape index (κ1) is 17.3. The van der Waals surface area contributed by atoms with Crippen molar-refractivity contribution in [3.8, 4) is 16.9 Å². The second kappa shape index (κ2) is 8.55. The summed E-state index contributed by atoms with van der Waals surface area (Å²) in [4.78, 5) is 5.57. The van der Waals surface area contributed by atoms with Gasteiger partial charge in [-0.05, 0) is 66.4 Å². The minimum Gasteiger partial charge on any atom is -0.492 e. The highest BCUT2D eigenvalue weighted by Crippen LogP contribution is 2.26. The molecule has 0 spiro atoms. The minimum absolute atomic E-state index is 0.521. The number of rotatable bonds is 7. The summed E-state index contributed by atoms with van der Waals surface area (Å²) in [6, 6.07) is 22.4. The molecule has 128 valence electrons. The van der Waals surface area contributed by atoms with Crippen molar-refractivity contribution in [2.24, 2.45) is 5.73 Å². The van der Waals surface area contributed by atoms with Gasteiger partial charge in [-0.25, -0.2) is 4.98 Å². The fourth-order valence-electron chi connectivity index (χ4n) is 2.35. The fraction of sp³-hybridized carbons (Fsp3) is 0.150. The molecule has 3 N–H and O–H groups in total. The summed E-state index contributed by atoms with van der Waals surface area (Å²) in [6.07, 6.45) is 0. The van der Waals surface area contributed by atoms with Crippen molar-refractivity contribution < 1.29 is 4.74 Å². The Hall–Kier alpha value is -2.50. The third kappa shape index (κ3) is 4.98. The van der Waals surface area contributed by atoms with Gasteiger partial charge in [-0.3, -0.25) is 0 Å². The van der Waals surface area contributed by atoms with Crippen molar-refractivity contribution in [1.82, 2.24) is 4.98 Å². The predicted octanol–water partition coefficient (Wildman–Crippen LogP) is 4.51. The lowest BCUT2D eigenvalue weighted by atomic mass is 10.1. The second-order valence-electron chi connectivity index (χ2n) is 5.55. The van der Waals surface area contributed by atoms with Crippen molar-refractivity contribution in [3.63, 3.8) is 0 Å². The lowest BCUT2D eigenvalue weighted by molar-refractivity contribution is 0.328. The van der Waals surface area contributed by atoms with Gasteiger partial charge in [-0.15, -0.1) is 0 Å². The standard InChI is InChI=1S/C20H21N3OS/c1-15-3-2-4-20(22-15)23-25-19-11-7-17(8-12-19)16-5-9-18(10-6-16)24-14-13-21/h2-12H,13-14,21H2,1H3,(H,22,23). The number of hydrogen-bond acceptors (Lipinski definition) is 5. The highest BCUT2D eigenvalue weighted by atomic mass is 32.2. The van der Waals surface area contributed by atoms with Crippen LogP contribution in [0.25, 0.3) is 11.1 Å². The molecule has 0 aliphatic rings. The first-order valence-electron chi connectivity index (χ1n) is 8.14. The van der Waals surface area contributed by atoms with Crippen LogP contribution in [0.4, 0.5) is 5.82 Å². The highest BCUT2D eigenvalue weighted by molar-refractivity contribution is 8.00. The van der Waals surface area contributed by atoms with E-state index in [0.29, 0.717) is 13.2 Å². The maximum absolute atomic E-state index is 5.50. The maximum Gasteiger partial charge on any atom is 0.136 e. The van der Waals surface area contributed by atoms with Crippen molar-refractivity contribution in [1.29, 1.82) is 0 Å². The molecule has 0 atom stereocenters. The van der Waals surface area contributed by atoms with Gasteiger partial charge in [0.25, 0.3) is 0 Å². The fourth-order valence-corrected chi connectivity index (χ4v) is 2.96. The molecule has 0 unspecified atom stereocenters. The Balaban J connectivity index is 1.61. The molecule has 4 nitrogen and oxygen atoms in total. The maximum atomic E-state index is 5.50. The Morgan fingerprint density at radius 1 is 0.960 bits per heavy atom. The van der Waals surface area contributed by atoms with E-state index in [-0.39, 0.29) is 0 Å². The highest BCUT2D eigenvalue weighted by Gasteiger charge is 2.01. The van der Waals surface area contributed by atoms with Crippen LogP contribution in [0.15, 0.2) is 71.6 Å². The zero-order valence-corrected chi connectivity index (χ0v) is 14.9. The molecule has 3 aromatic rings. The topological polar surface area (TPSA) is 60.2 Å². The number of ether oxygens (including phenoxy) is 1. The number of pyridine rings is 1. The Labute approximate surface area is 152 Å². The third-order valence-corrected chi connectivity index (χ3v) is 4.41. The molecular weight excluding hydrogens is 330 g/mol. The van der Waals surface area contributed by atoms with E-state index < -0.39 is 0 Å². The van der Waals surface area contributed by atoms with Crippen LogP contribution in [0.5, 0.6) is 5.75 Å². The Morgan fingerprint density at radius 2 is 1.64 bits per heavy atom. The van der Waals surface area contributed by atoms with Gasteiger partial charge in [0.1, 0.15) is 18.2 Å². The molecule has 0 fully saturated rings. The number of nitrogens with zero attached hydrogens (tertiary/aromatic N) is 1. The van der Waals surface area contributed by atoms with Crippen LogP contribution in [-0.2, 0) is 0 Å². The van der Waals surface area contributed by atoms with Crippen LogP contribution < -0.4 is 15.2 Å². The Morgan fingerprint density at radius 3 is 2.28 bits per heavy atom.